The van der Waals surface area contributed by atoms with Crippen molar-refractivity contribution in [2.75, 3.05) is 5.32 Å². The molecule has 0 spiro atoms. The molecule has 0 bridgehead atoms. The molecule has 0 heterocycles. The lowest BCUT2D eigenvalue weighted by molar-refractivity contribution is -0.112. The van der Waals surface area contributed by atoms with Crippen LogP contribution in [0.25, 0.3) is 5.70 Å². The fourth-order valence-electron chi connectivity index (χ4n) is 3.25. The average Bonchev–Trinajstić information content (AvgIpc) is 2.75. The lowest BCUT2D eigenvalue weighted by Crippen LogP contribution is -2.18. The standard InChI is InChI=1S/C26H24N2O3/c1-16-8-5-6-10-22(16)19(4)27-24-17(2)9-7-11-23(24)18(3)25(29)28-21-14-12-20(13-15-21)26(30)31/h5-15H,4H2,1-3H3,(H,28,29)(H,30,31)/b23-18+,27-24?. The van der Waals surface area contributed by atoms with E-state index in [4.69, 9.17) is 10.1 Å². The SMILES string of the molecule is C=C(N=C1C(C)=CC=C/C1=C(/C)C(=O)Nc1ccc(C(=O)O)cc1)c1ccccc1C. The van der Waals surface area contributed by atoms with Crippen molar-refractivity contribution in [1.29, 1.82) is 0 Å². The molecule has 0 saturated carbocycles. The Morgan fingerprint density at radius 2 is 1.71 bits per heavy atom. The maximum atomic E-state index is 12.9. The van der Waals surface area contributed by atoms with Gasteiger partial charge in [-0.1, -0.05) is 49.1 Å². The summed E-state index contributed by atoms with van der Waals surface area (Å²) in [6.45, 7) is 9.83. The Labute approximate surface area is 181 Å². The van der Waals surface area contributed by atoms with E-state index < -0.39 is 5.97 Å². The van der Waals surface area contributed by atoms with Crippen LogP contribution in [0.1, 0.15) is 35.3 Å². The van der Waals surface area contributed by atoms with Crippen LogP contribution in [0.5, 0.6) is 0 Å². The molecule has 0 fully saturated rings. The second kappa shape index (κ2) is 9.22. The molecule has 0 unspecified atom stereocenters. The van der Waals surface area contributed by atoms with Crippen molar-refractivity contribution in [2.24, 2.45) is 4.99 Å². The van der Waals surface area contributed by atoms with E-state index in [1.807, 2.05) is 56.3 Å². The van der Waals surface area contributed by atoms with E-state index in [1.165, 1.54) is 12.1 Å². The van der Waals surface area contributed by atoms with Gasteiger partial charge in [0.15, 0.2) is 0 Å². The molecule has 31 heavy (non-hydrogen) atoms. The van der Waals surface area contributed by atoms with Crippen LogP contribution in [0.15, 0.2) is 95.0 Å². The molecular formula is C26H24N2O3. The van der Waals surface area contributed by atoms with E-state index in [-0.39, 0.29) is 11.5 Å². The number of nitrogens with zero attached hydrogens (tertiary/aromatic N) is 1. The number of nitrogens with one attached hydrogen (secondary N) is 1. The van der Waals surface area contributed by atoms with Crippen molar-refractivity contribution in [1.82, 2.24) is 0 Å². The lowest BCUT2D eigenvalue weighted by Gasteiger charge is -2.17. The Balaban J connectivity index is 1.91. The maximum Gasteiger partial charge on any atom is 0.335 e. The highest BCUT2D eigenvalue weighted by Gasteiger charge is 2.18. The van der Waals surface area contributed by atoms with Gasteiger partial charge in [-0.3, -0.25) is 4.79 Å². The summed E-state index contributed by atoms with van der Waals surface area (Å²) in [4.78, 5) is 28.6. The Hall–Kier alpha value is -3.99. The highest BCUT2D eigenvalue weighted by Crippen LogP contribution is 2.25. The minimum Gasteiger partial charge on any atom is -0.478 e. The summed E-state index contributed by atoms with van der Waals surface area (Å²) < 4.78 is 0. The topological polar surface area (TPSA) is 78.8 Å². The van der Waals surface area contributed by atoms with Gasteiger partial charge in [0, 0.05) is 22.4 Å². The van der Waals surface area contributed by atoms with Gasteiger partial charge < -0.3 is 10.4 Å². The summed E-state index contributed by atoms with van der Waals surface area (Å²) in [5.41, 5.74) is 6.20. The molecule has 5 heteroatoms. The first-order valence-electron chi connectivity index (χ1n) is 9.83. The predicted molar refractivity (Wildman–Crippen MR) is 125 cm³/mol. The highest BCUT2D eigenvalue weighted by molar-refractivity contribution is 6.21. The van der Waals surface area contributed by atoms with Gasteiger partial charge in [0.05, 0.1) is 17.0 Å². The second-order valence-electron chi connectivity index (χ2n) is 7.31. The molecule has 0 radical (unpaired) electrons. The number of hydrogen-bond acceptors (Lipinski definition) is 3. The Morgan fingerprint density at radius 1 is 1.03 bits per heavy atom. The predicted octanol–water partition coefficient (Wildman–Crippen LogP) is 5.58. The average molecular weight is 412 g/mol. The number of aryl methyl sites for hydroxylation is 1. The first-order chi connectivity index (χ1) is 14.8. The van der Waals surface area contributed by atoms with Crippen LogP contribution >= 0.6 is 0 Å². The third-order valence-corrected chi connectivity index (χ3v) is 5.07. The van der Waals surface area contributed by atoms with Crippen molar-refractivity contribution in [3.8, 4) is 0 Å². The van der Waals surface area contributed by atoms with Gasteiger partial charge in [-0.2, -0.15) is 0 Å². The van der Waals surface area contributed by atoms with Crippen LogP contribution < -0.4 is 5.32 Å². The zero-order valence-electron chi connectivity index (χ0n) is 17.8. The first-order valence-corrected chi connectivity index (χ1v) is 9.83. The van der Waals surface area contributed by atoms with E-state index in [2.05, 4.69) is 11.9 Å². The molecule has 0 aromatic heterocycles. The Kier molecular flexibility index (Phi) is 6.46. The number of aromatic carboxylic acids is 1. The fourth-order valence-corrected chi connectivity index (χ4v) is 3.25. The van der Waals surface area contributed by atoms with Gasteiger partial charge in [0.1, 0.15) is 0 Å². The lowest BCUT2D eigenvalue weighted by atomic mass is 9.93. The zero-order valence-corrected chi connectivity index (χ0v) is 17.8. The van der Waals surface area contributed by atoms with E-state index in [0.29, 0.717) is 22.7 Å². The number of aliphatic imine (C=N–C) groups is 1. The molecule has 5 nitrogen and oxygen atoms in total. The van der Waals surface area contributed by atoms with Crippen molar-refractivity contribution in [3.05, 3.63) is 107 Å². The number of carbonyl (C=O) groups excluding carboxylic acids is 1. The molecule has 3 rings (SSSR count). The molecule has 2 N–H and O–H groups in total. The third kappa shape index (κ3) is 4.95. The minimum absolute atomic E-state index is 0.160. The number of amides is 1. The van der Waals surface area contributed by atoms with Gasteiger partial charge in [0.25, 0.3) is 5.91 Å². The van der Waals surface area contributed by atoms with E-state index >= 15 is 0 Å². The Bertz CT molecular complexity index is 1180. The number of anilines is 1. The first kappa shape index (κ1) is 21.7. The minimum atomic E-state index is -1.01. The Morgan fingerprint density at radius 3 is 2.35 bits per heavy atom. The van der Waals surface area contributed by atoms with Crippen molar-refractivity contribution in [3.63, 3.8) is 0 Å². The van der Waals surface area contributed by atoms with E-state index in [9.17, 15) is 9.59 Å². The summed E-state index contributed by atoms with van der Waals surface area (Å²) in [6.07, 6.45) is 5.70. The molecule has 1 aliphatic rings. The summed E-state index contributed by atoms with van der Waals surface area (Å²) >= 11 is 0. The largest absolute Gasteiger partial charge is 0.478 e. The number of hydrogen-bond donors (Lipinski definition) is 2. The van der Waals surface area contributed by atoms with Crippen molar-refractivity contribution in [2.45, 2.75) is 20.8 Å². The van der Waals surface area contributed by atoms with Crippen molar-refractivity contribution >= 4 is 29.0 Å². The molecular weight excluding hydrogens is 388 g/mol. The molecule has 0 atom stereocenters. The van der Waals surface area contributed by atoms with Crippen LogP contribution in [-0.4, -0.2) is 22.7 Å². The molecule has 0 saturated heterocycles. The van der Waals surface area contributed by atoms with Gasteiger partial charge in [-0.15, -0.1) is 0 Å². The summed E-state index contributed by atoms with van der Waals surface area (Å²) in [5, 5.41) is 11.8. The number of allylic oxidation sites excluding steroid dienone is 5. The van der Waals surface area contributed by atoms with Crippen LogP contribution in [-0.2, 0) is 4.79 Å². The van der Waals surface area contributed by atoms with Gasteiger partial charge in [0.2, 0.25) is 0 Å². The van der Waals surface area contributed by atoms with Crippen LogP contribution in [0.4, 0.5) is 5.69 Å². The number of carboxylic acid groups (broad SMARTS) is 1. The fraction of sp³-hybridized carbons (Fsp3) is 0.115. The van der Waals surface area contributed by atoms with Gasteiger partial charge in [-0.05, 0) is 56.2 Å². The van der Waals surface area contributed by atoms with Crippen LogP contribution in [0.2, 0.25) is 0 Å². The molecule has 1 amide bonds. The van der Waals surface area contributed by atoms with E-state index in [0.717, 1.165) is 22.3 Å². The smallest absolute Gasteiger partial charge is 0.335 e. The molecule has 2 aromatic rings. The van der Waals surface area contributed by atoms with Crippen molar-refractivity contribution < 1.29 is 14.7 Å². The third-order valence-electron chi connectivity index (χ3n) is 5.07. The normalized spacial score (nSPS) is 16.0. The van der Waals surface area contributed by atoms with Gasteiger partial charge in [-0.25, -0.2) is 9.79 Å². The molecule has 0 aliphatic heterocycles. The quantitative estimate of drug-likeness (QED) is 0.630. The molecule has 156 valence electrons. The van der Waals surface area contributed by atoms with E-state index in [1.54, 1.807) is 19.1 Å². The molecule has 2 aromatic carbocycles. The van der Waals surface area contributed by atoms with Gasteiger partial charge >= 0.3 is 5.97 Å². The summed E-state index contributed by atoms with van der Waals surface area (Å²) in [7, 11) is 0. The second-order valence-corrected chi connectivity index (χ2v) is 7.31. The number of benzene rings is 2. The van der Waals surface area contributed by atoms with Crippen LogP contribution in [0.3, 0.4) is 0 Å². The van der Waals surface area contributed by atoms with Crippen LogP contribution in [0, 0.1) is 6.92 Å². The number of carbonyl (C=O) groups is 2. The summed E-state index contributed by atoms with van der Waals surface area (Å²) in [5.74, 6) is -1.30. The monoisotopic (exact) mass is 412 g/mol. The zero-order chi connectivity index (χ0) is 22.5. The molecule has 1 aliphatic carbocycles. The maximum absolute atomic E-state index is 12.9. The number of carboxylic acids is 1. The highest BCUT2D eigenvalue weighted by atomic mass is 16.4. The summed E-state index contributed by atoms with van der Waals surface area (Å²) in [6, 6.07) is 13.9. The number of rotatable bonds is 5.